The molecule has 3 amide bonds. The standard InChI is InChI=1S/C21H27FN4O3/c22-15-5-1-13(2-6-15)10-23-19(27)8-7-17-11-24-21(29)18-9-16(12-26(17)18)25-20(28)14-3-4-14/h1-2,5-6,14,16-18H,3-4,7-12H2,(H,23,27)(H,24,29)(H,25,28)/t16-,17+,18-/m0/s1. The van der Waals surface area contributed by atoms with Crippen LogP contribution >= 0.6 is 0 Å². The van der Waals surface area contributed by atoms with Gasteiger partial charge in [-0.2, -0.15) is 0 Å². The first-order chi connectivity index (χ1) is 14.0. The summed E-state index contributed by atoms with van der Waals surface area (Å²) in [7, 11) is 0. The molecule has 2 saturated heterocycles. The van der Waals surface area contributed by atoms with E-state index in [1.807, 2.05) is 0 Å². The molecule has 3 fully saturated rings. The summed E-state index contributed by atoms with van der Waals surface area (Å²) in [5.74, 6) is -0.106. The van der Waals surface area contributed by atoms with Gasteiger partial charge in [-0.15, -0.1) is 0 Å². The van der Waals surface area contributed by atoms with Gasteiger partial charge in [-0.25, -0.2) is 4.39 Å². The average Bonchev–Trinajstić information content (AvgIpc) is 3.47. The van der Waals surface area contributed by atoms with Crippen LogP contribution in [-0.4, -0.2) is 53.8 Å². The van der Waals surface area contributed by atoms with E-state index in [2.05, 4.69) is 20.9 Å². The third-order valence-electron chi connectivity index (χ3n) is 6.02. The van der Waals surface area contributed by atoms with E-state index < -0.39 is 0 Å². The van der Waals surface area contributed by atoms with Crippen LogP contribution in [-0.2, 0) is 20.9 Å². The summed E-state index contributed by atoms with van der Waals surface area (Å²) in [6.07, 6.45) is 3.53. The molecule has 0 radical (unpaired) electrons. The molecule has 3 atom stereocenters. The number of halogens is 1. The number of amides is 3. The van der Waals surface area contributed by atoms with Gasteiger partial charge in [0.05, 0.1) is 6.04 Å². The van der Waals surface area contributed by atoms with Crippen LogP contribution in [0, 0.1) is 11.7 Å². The van der Waals surface area contributed by atoms with E-state index in [0.717, 1.165) is 18.4 Å². The lowest BCUT2D eigenvalue weighted by atomic mass is 10.0. The molecule has 3 N–H and O–H groups in total. The van der Waals surface area contributed by atoms with E-state index >= 15 is 0 Å². The summed E-state index contributed by atoms with van der Waals surface area (Å²) < 4.78 is 12.9. The van der Waals surface area contributed by atoms with Crippen molar-refractivity contribution in [2.24, 2.45) is 5.92 Å². The largest absolute Gasteiger partial charge is 0.353 e. The minimum atomic E-state index is -0.300. The molecule has 1 aliphatic carbocycles. The fraction of sp³-hybridized carbons (Fsp3) is 0.571. The summed E-state index contributed by atoms with van der Waals surface area (Å²) in [5, 5.41) is 8.87. The van der Waals surface area contributed by atoms with E-state index in [1.165, 1.54) is 12.1 Å². The second-order valence-corrected chi connectivity index (χ2v) is 8.27. The lowest BCUT2D eigenvalue weighted by Crippen LogP contribution is -2.58. The first-order valence-corrected chi connectivity index (χ1v) is 10.3. The Hall–Kier alpha value is -2.48. The number of fused-ring (bicyclic) bond motifs is 1. The van der Waals surface area contributed by atoms with E-state index in [4.69, 9.17) is 0 Å². The molecule has 0 unspecified atom stereocenters. The highest BCUT2D eigenvalue weighted by molar-refractivity contribution is 5.84. The first kappa shape index (κ1) is 19.8. The smallest absolute Gasteiger partial charge is 0.237 e. The molecule has 2 heterocycles. The van der Waals surface area contributed by atoms with Crippen LogP contribution < -0.4 is 16.0 Å². The molecule has 2 aliphatic heterocycles. The molecule has 1 saturated carbocycles. The number of nitrogens with zero attached hydrogens (tertiary/aromatic N) is 1. The number of hydrogen-bond donors (Lipinski definition) is 3. The number of benzene rings is 1. The molecule has 0 aromatic heterocycles. The maximum atomic E-state index is 12.9. The van der Waals surface area contributed by atoms with E-state index in [1.54, 1.807) is 12.1 Å². The van der Waals surface area contributed by atoms with Crippen molar-refractivity contribution in [3.05, 3.63) is 35.6 Å². The van der Waals surface area contributed by atoms with Crippen LogP contribution in [0.5, 0.6) is 0 Å². The van der Waals surface area contributed by atoms with Crippen molar-refractivity contribution in [2.75, 3.05) is 13.1 Å². The number of carbonyl (C=O) groups is 3. The zero-order chi connectivity index (χ0) is 20.4. The van der Waals surface area contributed by atoms with Crippen molar-refractivity contribution in [3.8, 4) is 0 Å². The second-order valence-electron chi connectivity index (χ2n) is 8.27. The van der Waals surface area contributed by atoms with Crippen molar-refractivity contribution >= 4 is 17.7 Å². The van der Waals surface area contributed by atoms with Crippen LogP contribution in [0.3, 0.4) is 0 Å². The third kappa shape index (κ3) is 4.93. The molecular formula is C21H27FN4O3. The Morgan fingerprint density at radius 3 is 2.69 bits per heavy atom. The van der Waals surface area contributed by atoms with E-state index in [-0.39, 0.29) is 47.6 Å². The highest BCUT2D eigenvalue weighted by Crippen LogP contribution is 2.30. The van der Waals surface area contributed by atoms with Crippen molar-refractivity contribution < 1.29 is 18.8 Å². The van der Waals surface area contributed by atoms with Crippen LogP contribution in [0.2, 0.25) is 0 Å². The van der Waals surface area contributed by atoms with Gasteiger partial charge in [-0.1, -0.05) is 12.1 Å². The maximum Gasteiger partial charge on any atom is 0.237 e. The molecule has 0 bridgehead atoms. The number of nitrogens with one attached hydrogen (secondary N) is 3. The number of hydrogen-bond acceptors (Lipinski definition) is 4. The minimum Gasteiger partial charge on any atom is -0.353 e. The molecule has 1 aromatic carbocycles. The van der Waals surface area contributed by atoms with Gasteiger partial charge in [0, 0.05) is 44.1 Å². The summed E-state index contributed by atoms with van der Waals surface area (Å²) in [4.78, 5) is 38.7. The van der Waals surface area contributed by atoms with Gasteiger partial charge < -0.3 is 16.0 Å². The molecule has 1 aromatic rings. The molecule has 7 nitrogen and oxygen atoms in total. The molecular weight excluding hydrogens is 375 g/mol. The molecule has 4 rings (SSSR count). The Kier molecular flexibility index (Phi) is 5.80. The molecule has 3 aliphatic rings. The van der Waals surface area contributed by atoms with Crippen molar-refractivity contribution in [2.45, 2.75) is 56.8 Å². The first-order valence-electron chi connectivity index (χ1n) is 10.3. The van der Waals surface area contributed by atoms with Gasteiger partial charge in [0.1, 0.15) is 5.82 Å². The lowest BCUT2D eigenvalue weighted by molar-refractivity contribution is -0.129. The van der Waals surface area contributed by atoms with E-state index in [9.17, 15) is 18.8 Å². The van der Waals surface area contributed by atoms with Gasteiger partial charge >= 0.3 is 0 Å². The van der Waals surface area contributed by atoms with Crippen molar-refractivity contribution in [1.29, 1.82) is 0 Å². The van der Waals surface area contributed by atoms with Crippen LogP contribution in [0.25, 0.3) is 0 Å². The lowest BCUT2D eigenvalue weighted by Gasteiger charge is -2.37. The third-order valence-corrected chi connectivity index (χ3v) is 6.02. The zero-order valence-corrected chi connectivity index (χ0v) is 16.3. The Bertz CT molecular complexity index is 781. The van der Waals surface area contributed by atoms with E-state index in [0.29, 0.717) is 38.9 Å². The SMILES string of the molecule is O=C(CC[C@@H]1CNC(=O)[C@@H]2C[C@H](NC(=O)C3CC3)CN12)NCc1ccc(F)cc1. The fourth-order valence-corrected chi connectivity index (χ4v) is 4.20. The fourth-order valence-electron chi connectivity index (χ4n) is 4.20. The van der Waals surface area contributed by atoms with Crippen LogP contribution in [0.4, 0.5) is 4.39 Å². The van der Waals surface area contributed by atoms with Crippen LogP contribution in [0.15, 0.2) is 24.3 Å². The Labute approximate surface area is 169 Å². The maximum absolute atomic E-state index is 12.9. The normalized spacial score (nSPS) is 26.5. The monoisotopic (exact) mass is 402 g/mol. The minimum absolute atomic E-state index is 0.00480. The molecule has 8 heteroatoms. The topological polar surface area (TPSA) is 90.5 Å². The van der Waals surface area contributed by atoms with Gasteiger partial charge in [-0.3, -0.25) is 19.3 Å². The number of carbonyl (C=O) groups excluding carboxylic acids is 3. The van der Waals surface area contributed by atoms with Crippen LogP contribution in [0.1, 0.15) is 37.7 Å². The second kappa shape index (κ2) is 8.49. The number of rotatable bonds is 7. The van der Waals surface area contributed by atoms with Gasteiger partial charge in [0.2, 0.25) is 17.7 Å². The summed E-state index contributed by atoms with van der Waals surface area (Å²) in [5.41, 5.74) is 0.846. The zero-order valence-electron chi connectivity index (χ0n) is 16.3. The summed E-state index contributed by atoms with van der Waals surface area (Å²) in [6, 6.07) is 5.88. The predicted octanol–water partition coefficient (Wildman–Crippen LogP) is 0.690. The van der Waals surface area contributed by atoms with Crippen molar-refractivity contribution in [1.82, 2.24) is 20.9 Å². The van der Waals surface area contributed by atoms with Crippen molar-refractivity contribution in [3.63, 3.8) is 0 Å². The molecule has 156 valence electrons. The van der Waals surface area contributed by atoms with Gasteiger partial charge in [0.25, 0.3) is 0 Å². The average molecular weight is 402 g/mol. The number of piperazine rings is 1. The highest BCUT2D eigenvalue weighted by Gasteiger charge is 2.44. The molecule has 29 heavy (non-hydrogen) atoms. The molecule has 0 spiro atoms. The van der Waals surface area contributed by atoms with Gasteiger partial charge in [-0.05, 0) is 43.4 Å². The Balaban J connectivity index is 1.25. The highest BCUT2D eigenvalue weighted by atomic mass is 19.1. The predicted molar refractivity (Wildman–Crippen MR) is 104 cm³/mol. The summed E-state index contributed by atoms with van der Waals surface area (Å²) in [6.45, 7) is 1.53. The Morgan fingerprint density at radius 1 is 1.21 bits per heavy atom. The van der Waals surface area contributed by atoms with Gasteiger partial charge in [0.15, 0.2) is 0 Å². The summed E-state index contributed by atoms with van der Waals surface area (Å²) >= 11 is 0. The Morgan fingerprint density at radius 2 is 1.97 bits per heavy atom. The quantitative estimate of drug-likeness (QED) is 0.626.